The van der Waals surface area contributed by atoms with Crippen molar-refractivity contribution in [3.05, 3.63) is 34.6 Å². The Morgan fingerprint density at radius 3 is 2.40 bits per heavy atom. The topological polar surface area (TPSA) is 84.7 Å². The van der Waals surface area contributed by atoms with Crippen LogP contribution < -0.4 is 24.5 Å². The molecule has 0 saturated heterocycles. The molecule has 0 spiro atoms. The molecule has 0 radical (unpaired) electrons. The lowest BCUT2D eigenvalue weighted by atomic mass is 10.0. The summed E-state index contributed by atoms with van der Waals surface area (Å²) in [7, 11) is 3.16. The minimum absolute atomic E-state index is 0.128. The molecule has 0 unspecified atom stereocenters. The largest absolute Gasteiger partial charge is 0.493 e. The van der Waals surface area contributed by atoms with E-state index in [1.54, 1.807) is 24.9 Å². The highest BCUT2D eigenvalue weighted by Gasteiger charge is 2.22. The SMILES string of the molecule is COc1cc2c3nnc4cc5c(cc4c3c(=O)n(CC(C)C)c2cc1OC)OCO5. The van der Waals surface area contributed by atoms with Crippen molar-refractivity contribution in [1.82, 2.24) is 14.8 Å². The molecular formula is C22H21N3O5. The molecule has 5 rings (SSSR count). The molecule has 8 heteroatoms. The van der Waals surface area contributed by atoms with E-state index in [0.29, 0.717) is 51.3 Å². The zero-order valence-electron chi connectivity index (χ0n) is 17.2. The van der Waals surface area contributed by atoms with Gasteiger partial charge in [0.05, 0.1) is 30.6 Å². The van der Waals surface area contributed by atoms with Crippen molar-refractivity contribution in [3.63, 3.8) is 0 Å². The number of benzene rings is 2. The Morgan fingerprint density at radius 2 is 1.70 bits per heavy atom. The van der Waals surface area contributed by atoms with Crippen molar-refractivity contribution in [2.75, 3.05) is 21.0 Å². The predicted octanol–water partition coefficient (Wildman–Crippen LogP) is 3.50. The number of ether oxygens (including phenoxy) is 4. The highest BCUT2D eigenvalue weighted by molar-refractivity contribution is 6.13. The summed E-state index contributed by atoms with van der Waals surface area (Å²) in [5, 5.41) is 10.7. The van der Waals surface area contributed by atoms with Crippen LogP contribution in [0.4, 0.5) is 0 Å². The molecule has 3 heterocycles. The lowest BCUT2D eigenvalue weighted by Crippen LogP contribution is -2.24. The van der Waals surface area contributed by atoms with Crippen LogP contribution in [0, 0.1) is 5.92 Å². The number of hydrogen-bond donors (Lipinski definition) is 0. The van der Waals surface area contributed by atoms with Gasteiger partial charge in [-0.3, -0.25) is 4.79 Å². The average Bonchev–Trinajstić information content (AvgIpc) is 3.20. The van der Waals surface area contributed by atoms with Crippen LogP contribution in [0.5, 0.6) is 23.0 Å². The van der Waals surface area contributed by atoms with E-state index < -0.39 is 0 Å². The maximum Gasteiger partial charge on any atom is 0.261 e. The maximum absolute atomic E-state index is 13.7. The fraction of sp³-hybridized carbons (Fsp3) is 0.318. The second-order valence-electron chi connectivity index (χ2n) is 7.68. The standard InChI is InChI=1S/C22H21N3O5/c1-11(2)9-25-15-8-17(28-4)16(27-3)6-13(15)21-20(22(25)26)12-5-18-19(30-10-29-18)7-14(12)23-24-21/h5-8,11H,9-10H2,1-4H3. The molecule has 0 bridgehead atoms. The first-order valence-corrected chi connectivity index (χ1v) is 9.70. The van der Waals surface area contributed by atoms with Crippen LogP contribution >= 0.6 is 0 Å². The fourth-order valence-corrected chi connectivity index (χ4v) is 3.97. The third kappa shape index (κ3) is 2.63. The summed E-state index contributed by atoms with van der Waals surface area (Å²) in [6, 6.07) is 7.24. The van der Waals surface area contributed by atoms with Crippen molar-refractivity contribution in [3.8, 4) is 23.0 Å². The van der Waals surface area contributed by atoms with Gasteiger partial charge in [0.25, 0.3) is 5.56 Å². The molecule has 0 amide bonds. The van der Waals surface area contributed by atoms with E-state index in [9.17, 15) is 4.79 Å². The highest BCUT2D eigenvalue weighted by atomic mass is 16.7. The summed E-state index contributed by atoms with van der Waals surface area (Å²) in [6.45, 7) is 4.85. The lowest BCUT2D eigenvalue weighted by molar-refractivity contribution is 0.174. The summed E-state index contributed by atoms with van der Waals surface area (Å²) in [4.78, 5) is 13.7. The number of pyridine rings is 1. The Kier molecular flexibility index (Phi) is 4.16. The summed E-state index contributed by atoms with van der Waals surface area (Å²) in [5.41, 5.74) is 1.70. The zero-order chi connectivity index (χ0) is 21.0. The van der Waals surface area contributed by atoms with Gasteiger partial charge in [-0.25, -0.2) is 0 Å². The van der Waals surface area contributed by atoms with Crippen LogP contribution in [0.15, 0.2) is 29.1 Å². The van der Waals surface area contributed by atoms with E-state index in [-0.39, 0.29) is 18.3 Å². The number of nitrogens with zero attached hydrogens (tertiary/aromatic N) is 3. The molecule has 1 aliphatic heterocycles. The minimum atomic E-state index is -0.128. The van der Waals surface area contributed by atoms with Crippen LogP contribution in [0.1, 0.15) is 13.8 Å². The normalized spacial score (nSPS) is 13.0. The van der Waals surface area contributed by atoms with Gasteiger partial charge in [0.1, 0.15) is 5.52 Å². The van der Waals surface area contributed by atoms with E-state index >= 15 is 0 Å². The number of hydrogen-bond acceptors (Lipinski definition) is 7. The molecular weight excluding hydrogens is 386 g/mol. The first kappa shape index (κ1) is 18.5. The number of methoxy groups -OCH3 is 2. The van der Waals surface area contributed by atoms with E-state index in [2.05, 4.69) is 24.0 Å². The molecule has 1 aliphatic rings. The van der Waals surface area contributed by atoms with Gasteiger partial charge < -0.3 is 23.5 Å². The lowest BCUT2D eigenvalue weighted by Gasteiger charge is -2.17. The third-order valence-electron chi connectivity index (χ3n) is 5.31. The summed E-state index contributed by atoms with van der Waals surface area (Å²) in [5.74, 6) is 2.58. The molecule has 2 aromatic carbocycles. The molecule has 0 N–H and O–H groups in total. The minimum Gasteiger partial charge on any atom is -0.493 e. The fourth-order valence-electron chi connectivity index (χ4n) is 3.97. The Labute approximate surface area is 171 Å². The average molecular weight is 407 g/mol. The first-order chi connectivity index (χ1) is 14.5. The van der Waals surface area contributed by atoms with Gasteiger partial charge in [0.2, 0.25) is 6.79 Å². The molecule has 0 atom stereocenters. The van der Waals surface area contributed by atoms with Gasteiger partial charge in [-0.15, -0.1) is 10.2 Å². The molecule has 2 aromatic heterocycles. The van der Waals surface area contributed by atoms with Crippen LogP contribution in [-0.4, -0.2) is 35.8 Å². The monoisotopic (exact) mass is 407 g/mol. The van der Waals surface area contributed by atoms with E-state index in [0.717, 1.165) is 10.9 Å². The van der Waals surface area contributed by atoms with Crippen molar-refractivity contribution in [2.24, 2.45) is 5.92 Å². The summed E-state index contributed by atoms with van der Waals surface area (Å²) in [6.07, 6.45) is 0. The number of aromatic nitrogens is 3. The predicted molar refractivity (Wildman–Crippen MR) is 113 cm³/mol. The molecule has 0 fully saturated rings. The smallest absolute Gasteiger partial charge is 0.261 e. The van der Waals surface area contributed by atoms with Crippen LogP contribution in [0.25, 0.3) is 32.7 Å². The highest BCUT2D eigenvalue weighted by Crippen LogP contribution is 2.39. The maximum atomic E-state index is 13.7. The number of fused-ring (bicyclic) bond motifs is 6. The Hall–Kier alpha value is -3.55. The van der Waals surface area contributed by atoms with E-state index in [1.807, 2.05) is 18.2 Å². The van der Waals surface area contributed by atoms with Gasteiger partial charge in [-0.2, -0.15) is 0 Å². The molecule has 4 aromatic rings. The van der Waals surface area contributed by atoms with Crippen molar-refractivity contribution < 1.29 is 18.9 Å². The molecule has 154 valence electrons. The Morgan fingerprint density at radius 1 is 1.00 bits per heavy atom. The second kappa shape index (κ2) is 6.76. The van der Waals surface area contributed by atoms with Crippen molar-refractivity contribution in [1.29, 1.82) is 0 Å². The van der Waals surface area contributed by atoms with Gasteiger partial charge >= 0.3 is 0 Å². The Balaban J connectivity index is 1.98. The van der Waals surface area contributed by atoms with Crippen molar-refractivity contribution in [2.45, 2.75) is 20.4 Å². The van der Waals surface area contributed by atoms with E-state index in [1.165, 1.54) is 0 Å². The van der Waals surface area contributed by atoms with Crippen LogP contribution in [-0.2, 0) is 6.54 Å². The number of rotatable bonds is 4. The van der Waals surface area contributed by atoms with E-state index in [4.69, 9.17) is 18.9 Å². The van der Waals surface area contributed by atoms with Gasteiger partial charge in [0, 0.05) is 29.4 Å². The van der Waals surface area contributed by atoms with Gasteiger partial charge in [0.15, 0.2) is 23.0 Å². The molecule has 30 heavy (non-hydrogen) atoms. The zero-order valence-corrected chi connectivity index (χ0v) is 17.2. The quantitative estimate of drug-likeness (QED) is 0.479. The molecule has 8 nitrogen and oxygen atoms in total. The third-order valence-corrected chi connectivity index (χ3v) is 5.31. The first-order valence-electron chi connectivity index (χ1n) is 9.70. The summed E-state index contributed by atoms with van der Waals surface area (Å²) >= 11 is 0. The summed E-state index contributed by atoms with van der Waals surface area (Å²) < 4.78 is 23.7. The van der Waals surface area contributed by atoms with Gasteiger partial charge in [-0.1, -0.05) is 13.8 Å². The van der Waals surface area contributed by atoms with Crippen molar-refractivity contribution >= 4 is 32.7 Å². The van der Waals surface area contributed by atoms with Crippen LogP contribution in [0.2, 0.25) is 0 Å². The second-order valence-corrected chi connectivity index (χ2v) is 7.68. The molecule has 0 aliphatic carbocycles. The van der Waals surface area contributed by atoms with Gasteiger partial charge in [-0.05, 0) is 18.1 Å². The Bertz CT molecular complexity index is 1380. The molecule has 0 saturated carbocycles. The van der Waals surface area contributed by atoms with Crippen LogP contribution in [0.3, 0.4) is 0 Å².